The first kappa shape index (κ1) is 24.5. The minimum Gasteiger partial charge on any atom is -0.482 e. The summed E-state index contributed by atoms with van der Waals surface area (Å²) in [4.78, 5) is 24.9. The average Bonchev–Trinajstić information content (AvgIpc) is 2.84. The highest BCUT2D eigenvalue weighted by Crippen LogP contribution is 2.29. The van der Waals surface area contributed by atoms with Gasteiger partial charge in [-0.15, -0.1) is 0 Å². The molecule has 0 unspecified atom stereocenters. The molecule has 0 bridgehead atoms. The lowest BCUT2D eigenvalue weighted by atomic mass is 10.0. The molecule has 0 aliphatic carbocycles. The molecule has 0 saturated heterocycles. The normalized spacial score (nSPS) is 10.9. The summed E-state index contributed by atoms with van der Waals surface area (Å²) in [5.74, 6) is -0.547. The summed E-state index contributed by atoms with van der Waals surface area (Å²) in [5, 5.41) is 6.72. The topological polar surface area (TPSA) is 77.0 Å². The molecule has 0 aliphatic rings. The first-order valence-electron chi connectivity index (χ1n) is 10.3. The van der Waals surface area contributed by atoms with Gasteiger partial charge in [-0.2, -0.15) is 5.10 Å². The predicted molar refractivity (Wildman–Crippen MR) is 138 cm³/mol. The fourth-order valence-electron chi connectivity index (χ4n) is 3.22. The van der Waals surface area contributed by atoms with Gasteiger partial charge < -0.3 is 9.47 Å². The Bertz CT molecular complexity index is 1440. The van der Waals surface area contributed by atoms with Gasteiger partial charge in [0.15, 0.2) is 6.61 Å². The molecule has 4 aromatic carbocycles. The average molecular weight is 528 g/mol. The van der Waals surface area contributed by atoms with E-state index in [9.17, 15) is 9.59 Å². The minimum atomic E-state index is -0.613. The van der Waals surface area contributed by atoms with Crippen LogP contribution in [0.1, 0.15) is 15.9 Å². The lowest BCUT2D eigenvalue weighted by molar-refractivity contribution is -0.123. The first-order valence-corrected chi connectivity index (χ1v) is 11.4. The van der Waals surface area contributed by atoms with E-state index in [1.165, 1.54) is 12.3 Å². The molecule has 1 amide bonds. The lowest BCUT2D eigenvalue weighted by Gasteiger charge is -2.11. The van der Waals surface area contributed by atoms with Crippen LogP contribution in [-0.4, -0.2) is 24.7 Å². The van der Waals surface area contributed by atoms with Crippen molar-refractivity contribution in [1.82, 2.24) is 5.43 Å². The Morgan fingerprint density at radius 3 is 2.40 bits per heavy atom. The van der Waals surface area contributed by atoms with Crippen LogP contribution >= 0.6 is 34.8 Å². The number of nitrogens with one attached hydrogen (secondary N) is 1. The zero-order valence-electron chi connectivity index (χ0n) is 18.0. The van der Waals surface area contributed by atoms with Crippen LogP contribution in [-0.2, 0) is 4.79 Å². The van der Waals surface area contributed by atoms with Crippen molar-refractivity contribution < 1.29 is 19.1 Å². The highest BCUT2D eigenvalue weighted by atomic mass is 35.5. The molecule has 0 aromatic heterocycles. The zero-order valence-corrected chi connectivity index (χ0v) is 20.3. The molecule has 0 heterocycles. The summed E-state index contributed by atoms with van der Waals surface area (Å²) in [6.45, 7) is -0.317. The SMILES string of the molecule is O=C(COc1ccc(Cl)cc1Cl)N/N=C/c1c(OC(=O)c2ccccc2Cl)ccc2ccccc12. The van der Waals surface area contributed by atoms with Crippen molar-refractivity contribution in [3.05, 3.63) is 105 Å². The summed E-state index contributed by atoms with van der Waals surface area (Å²) in [6.07, 6.45) is 1.41. The molecule has 4 aromatic rings. The smallest absolute Gasteiger partial charge is 0.345 e. The second kappa shape index (κ2) is 11.2. The Kier molecular flexibility index (Phi) is 7.87. The van der Waals surface area contributed by atoms with Gasteiger partial charge in [0.25, 0.3) is 5.91 Å². The third-order valence-corrected chi connectivity index (χ3v) is 5.72. The molecule has 176 valence electrons. The molecule has 0 fully saturated rings. The molecule has 35 heavy (non-hydrogen) atoms. The Hall–Kier alpha value is -3.58. The van der Waals surface area contributed by atoms with Gasteiger partial charge in [-0.3, -0.25) is 4.79 Å². The van der Waals surface area contributed by atoms with Gasteiger partial charge in [-0.05, 0) is 47.2 Å². The van der Waals surface area contributed by atoms with E-state index in [2.05, 4.69) is 10.5 Å². The van der Waals surface area contributed by atoms with Gasteiger partial charge in [-0.25, -0.2) is 10.2 Å². The van der Waals surface area contributed by atoms with Crippen molar-refractivity contribution in [1.29, 1.82) is 0 Å². The summed E-state index contributed by atoms with van der Waals surface area (Å²) >= 11 is 18.0. The summed E-state index contributed by atoms with van der Waals surface area (Å²) in [5.41, 5.74) is 3.13. The Morgan fingerprint density at radius 2 is 1.60 bits per heavy atom. The molecular formula is C26H17Cl3N2O4. The number of halogens is 3. The third kappa shape index (κ3) is 6.11. The fourth-order valence-corrected chi connectivity index (χ4v) is 3.89. The number of nitrogens with zero attached hydrogens (tertiary/aromatic N) is 1. The maximum Gasteiger partial charge on any atom is 0.345 e. The van der Waals surface area contributed by atoms with Gasteiger partial charge in [0, 0.05) is 10.6 Å². The molecule has 0 aliphatic heterocycles. The minimum absolute atomic E-state index is 0.233. The molecule has 1 N–H and O–H groups in total. The van der Waals surface area contributed by atoms with Crippen molar-refractivity contribution in [3.63, 3.8) is 0 Å². The van der Waals surface area contributed by atoms with Crippen molar-refractivity contribution in [2.45, 2.75) is 0 Å². The third-order valence-electron chi connectivity index (χ3n) is 4.86. The Labute approximate surface area is 216 Å². The lowest BCUT2D eigenvalue weighted by Crippen LogP contribution is -2.24. The van der Waals surface area contributed by atoms with E-state index in [1.807, 2.05) is 30.3 Å². The number of hydrogen-bond acceptors (Lipinski definition) is 5. The van der Waals surface area contributed by atoms with Crippen LogP contribution in [0.4, 0.5) is 0 Å². The van der Waals surface area contributed by atoms with Gasteiger partial charge in [0.1, 0.15) is 11.5 Å². The van der Waals surface area contributed by atoms with E-state index in [1.54, 1.807) is 42.5 Å². The molecule has 0 spiro atoms. The molecule has 6 nitrogen and oxygen atoms in total. The molecule has 4 rings (SSSR count). The zero-order chi connectivity index (χ0) is 24.8. The van der Waals surface area contributed by atoms with E-state index >= 15 is 0 Å². The van der Waals surface area contributed by atoms with E-state index < -0.39 is 11.9 Å². The van der Waals surface area contributed by atoms with Gasteiger partial charge in [0.05, 0.1) is 21.8 Å². The fraction of sp³-hybridized carbons (Fsp3) is 0.0385. The number of hydrazone groups is 1. The van der Waals surface area contributed by atoms with Gasteiger partial charge >= 0.3 is 5.97 Å². The van der Waals surface area contributed by atoms with E-state index in [0.717, 1.165) is 10.8 Å². The van der Waals surface area contributed by atoms with Crippen LogP contribution in [0.25, 0.3) is 10.8 Å². The second-order valence-electron chi connectivity index (χ2n) is 7.22. The van der Waals surface area contributed by atoms with Crippen molar-refractivity contribution in [2.75, 3.05) is 6.61 Å². The van der Waals surface area contributed by atoms with E-state index in [4.69, 9.17) is 44.3 Å². The van der Waals surface area contributed by atoms with E-state index in [-0.39, 0.29) is 28.0 Å². The molecular weight excluding hydrogens is 511 g/mol. The number of fused-ring (bicyclic) bond motifs is 1. The van der Waals surface area contributed by atoms with Crippen LogP contribution in [0, 0.1) is 0 Å². The maximum atomic E-state index is 12.7. The number of ether oxygens (including phenoxy) is 2. The van der Waals surface area contributed by atoms with Crippen LogP contribution in [0.3, 0.4) is 0 Å². The van der Waals surface area contributed by atoms with Gasteiger partial charge in [0.2, 0.25) is 0 Å². The molecule has 0 saturated carbocycles. The highest BCUT2D eigenvalue weighted by molar-refractivity contribution is 6.35. The monoisotopic (exact) mass is 526 g/mol. The first-order chi connectivity index (χ1) is 16.9. The second-order valence-corrected chi connectivity index (χ2v) is 8.48. The van der Waals surface area contributed by atoms with Crippen LogP contribution < -0.4 is 14.9 Å². The Balaban J connectivity index is 1.51. The van der Waals surface area contributed by atoms with Crippen molar-refractivity contribution in [3.8, 4) is 11.5 Å². The Morgan fingerprint density at radius 1 is 0.857 bits per heavy atom. The largest absolute Gasteiger partial charge is 0.482 e. The number of amides is 1. The number of rotatable bonds is 7. The maximum absolute atomic E-state index is 12.7. The quantitative estimate of drug-likeness (QED) is 0.128. The molecule has 0 atom stereocenters. The van der Waals surface area contributed by atoms with E-state index in [0.29, 0.717) is 16.3 Å². The summed E-state index contributed by atoms with van der Waals surface area (Å²) in [7, 11) is 0. The molecule has 9 heteroatoms. The number of hydrogen-bond donors (Lipinski definition) is 1. The summed E-state index contributed by atoms with van der Waals surface area (Å²) < 4.78 is 11.0. The number of carbonyl (C=O) groups excluding carboxylic acids is 2. The van der Waals surface area contributed by atoms with Gasteiger partial charge in [-0.1, -0.05) is 77.3 Å². The highest BCUT2D eigenvalue weighted by Gasteiger charge is 2.16. The summed E-state index contributed by atoms with van der Waals surface area (Å²) in [6, 6.07) is 22.3. The number of benzene rings is 4. The predicted octanol–water partition coefficient (Wildman–Crippen LogP) is 6.55. The van der Waals surface area contributed by atoms with Crippen molar-refractivity contribution in [2.24, 2.45) is 5.10 Å². The van der Waals surface area contributed by atoms with Crippen LogP contribution in [0.2, 0.25) is 15.1 Å². The van der Waals surface area contributed by atoms with Crippen molar-refractivity contribution >= 4 is 63.7 Å². The number of carbonyl (C=O) groups is 2. The molecule has 0 radical (unpaired) electrons. The number of esters is 1. The standard InChI is InChI=1S/C26H17Cl3N2O4/c27-17-10-12-24(22(29)13-17)34-15-25(32)31-30-14-20-18-6-2-1-5-16(18)9-11-23(20)35-26(33)19-7-3-4-8-21(19)28/h1-14H,15H2,(H,31,32)/b30-14+. The van der Waals surface area contributed by atoms with Crippen LogP contribution in [0.5, 0.6) is 11.5 Å². The van der Waals surface area contributed by atoms with Crippen LogP contribution in [0.15, 0.2) is 84.0 Å².